The third-order valence-corrected chi connectivity index (χ3v) is 5.69. The first-order valence-corrected chi connectivity index (χ1v) is 11.3. The van der Waals surface area contributed by atoms with Gasteiger partial charge in [0.1, 0.15) is 5.56 Å². The summed E-state index contributed by atoms with van der Waals surface area (Å²) >= 11 is 0. The summed E-state index contributed by atoms with van der Waals surface area (Å²) in [6, 6.07) is 10.8. The number of rotatable bonds is 8. The molecule has 0 spiro atoms. The number of primary sulfonamides is 1. The first-order chi connectivity index (χ1) is 15.1. The van der Waals surface area contributed by atoms with Crippen molar-refractivity contribution in [1.29, 1.82) is 0 Å². The summed E-state index contributed by atoms with van der Waals surface area (Å²) in [6.45, 7) is 5.22. The Balaban J connectivity index is 1.78. The van der Waals surface area contributed by atoms with Gasteiger partial charge in [0.2, 0.25) is 21.7 Å². The lowest BCUT2D eigenvalue weighted by Gasteiger charge is -2.11. The summed E-state index contributed by atoms with van der Waals surface area (Å²) in [6.07, 6.45) is 1.50. The number of carbonyl (C=O) groups is 2. The van der Waals surface area contributed by atoms with Crippen molar-refractivity contribution in [2.45, 2.75) is 25.7 Å². The Morgan fingerprint density at radius 2 is 1.78 bits per heavy atom. The van der Waals surface area contributed by atoms with Gasteiger partial charge >= 0.3 is 5.97 Å². The van der Waals surface area contributed by atoms with Gasteiger partial charge in [-0.3, -0.25) is 4.79 Å². The molecule has 3 rings (SSSR count). The standard InChI is InChI=1S/C22H23N3O6S/c1-4-30-21-18(6-5-11-24-21)22(27)31-13-20(26)19-12-14(2)25(15(19)3)16-7-9-17(10-8-16)32(23,28)29/h5-12H,4,13H2,1-3H3,(H2,23,28,29). The van der Waals surface area contributed by atoms with Crippen molar-refractivity contribution in [3.8, 4) is 11.6 Å². The predicted octanol–water partition coefficient (Wildman–Crippen LogP) is 2.57. The minimum absolute atomic E-state index is 0.00579. The van der Waals surface area contributed by atoms with Gasteiger partial charge in [-0.2, -0.15) is 0 Å². The van der Waals surface area contributed by atoms with Gasteiger partial charge in [0, 0.05) is 28.8 Å². The number of aromatic nitrogens is 2. The average molecular weight is 458 g/mol. The molecule has 0 atom stereocenters. The number of esters is 1. The van der Waals surface area contributed by atoms with Crippen LogP contribution in [0.1, 0.15) is 39.0 Å². The molecule has 0 aliphatic heterocycles. The highest BCUT2D eigenvalue weighted by Crippen LogP contribution is 2.23. The number of carbonyl (C=O) groups excluding carboxylic acids is 2. The minimum Gasteiger partial charge on any atom is -0.477 e. The number of Topliss-reactive ketones (excluding diaryl/α,β-unsaturated/α-hetero) is 1. The van der Waals surface area contributed by atoms with E-state index in [0.29, 0.717) is 23.6 Å². The summed E-state index contributed by atoms with van der Waals surface area (Å²) < 4.78 is 35.3. The average Bonchev–Trinajstić information content (AvgIpc) is 3.06. The molecule has 0 aliphatic carbocycles. The first-order valence-electron chi connectivity index (χ1n) is 9.73. The van der Waals surface area contributed by atoms with Crippen LogP contribution in [0.25, 0.3) is 5.69 Å². The molecule has 32 heavy (non-hydrogen) atoms. The van der Waals surface area contributed by atoms with Crippen LogP contribution in [0.5, 0.6) is 5.88 Å². The number of hydrogen-bond donors (Lipinski definition) is 1. The second kappa shape index (κ2) is 9.33. The number of sulfonamides is 1. The van der Waals surface area contributed by atoms with E-state index in [-0.39, 0.29) is 22.1 Å². The fourth-order valence-corrected chi connectivity index (χ4v) is 3.83. The van der Waals surface area contributed by atoms with Gasteiger partial charge < -0.3 is 14.0 Å². The molecule has 2 N–H and O–H groups in total. The molecule has 0 radical (unpaired) electrons. The van der Waals surface area contributed by atoms with E-state index in [1.165, 1.54) is 24.4 Å². The van der Waals surface area contributed by atoms with E-state index in [9.17, 15) is 18.0 Å². The Hall–Kier alpha value is -3.50. The first kappa shape index (κ1) is 23.2. The Morgan fingerprint density at radius 1 is 1.09 bits per heavy atom. The zero-order valence-corrected chi connectivity index (χ0v) is 18.7. The van der Waals surface area contributed by atoms with Crippen molar-refractivity contribution in [1.82, 2.24) is 9.55 Å². The third-order valence-electron chi connectivity index (χ3n) is 4.76. The molecule has 0 unspecified atom stereocenters. The molecule has 2 heterocycles. The Kier molecular flexibility index (Phi) is 6.75. The minimum atomic E-state index is -3.80. The summed E-state index contributed by atoms with van der Waals surface area (Å²) in [5.74, 6) is -0.934. The molecule has 9 nitrogen and oxygen atoms in total. The van der Waals surface area contributed by atoms with Crippen LogP contribution in [-0.4, -0.2) is 42.9 Å². The number of ether oxygens (including phenoxy) is 2. The highest BCUT2D eigenvalue weighted by atomic mass is 32.2. The van der Waals surface area contributed by atoms with Crippen LogP contribution in [0.3, 0.4) is 0 Å². The lowest BCUT2D eigenvalue weighted by Crippen LogP contribution is -2.16. The van der Waals surface area contributed by atoms with E-state index >= 15 is 0 Å². The van der Waals surface area contributed by atoms with E-state index in [1.54, 1.807) is 42.7 Å². The fraction of sp³-hybridized carbons (Fsp3) is 0.227. The van der Waals surface area contributed by atoms with Crippen LogP contribution in [0.15, 0.2) is 53.6 Å². The Bertz CT molecular complexity index is 1260. The van der Waals surface area contributed by atoms with Gasteiger partial charge in [-0.05, 0) is 63.2 Å². The molecular formula is C22H23N3O6S. The molecule has 0 saturated heterocycles. The van der Waals surface area contributed by atoms with Crippen molar-refractivity contribution in [3.63, 3.8) is 0 Å². The molecule has 3 aromatic rings. The molecule has 0 bridgehead atoms. The van der Waals surface area contributed by atoms with Crippen LogP contribution in [-0.2, 0) is 14.8 Å². The molecule has 0 amide bonds. The summed E-state index contributed by atoms with van der Waals surface area (Å²) in [5.41, 5.74) is 2.58. The lowest BCUT2D eigenvalue weighted by molar-refractivity contribution is 0.0469. The van der Waals surface area contributed by atoms with Crippen LogP contribution in [0, 0.1) is 13.8 Å². The van der Waals surface area contributed by atoms with E-state index in [0.717, 1.165) is 5.69 Å². The van der Waals surface area contributed by atoms with Crippen molar-refractivity contribution >= 4 is 21.8 Å². The number of pyridine rings is 1. The van der Waals surface area contributed by atoms with Gasteiger partial charge in [0.25, 0.3) is 0 Å². The zero-order valence-electron chi connectivity index (χ0n) is 17.9. The van der Waals surface area contributed by atoms with Gasteiger partial charge in [-0.25, -0.2) is 23.3 Å². The zero-order chi connectivity index (χ0) is 23.5. The summed E-state index contributed by atoms with van der Waals surface area (Å²) in [4.78, 5) is 29.2. The van der Waals surface area contributed by atoms with Crippen LogP contribution >= 0.6 is 0 Å². The number of nitrogens with zero attached hydrogens (tertiary/aromatic N) is 2. The molecule has 10 heteroatoms. The van der Waals surface area contributed by atoms with E-state index in [2.05, 4.69) is 4.98 Å². The fourth-order valence-electron chi connectivity index (χ4n) is 3.31. The van der Waals surface area contributed by atoms with Crippen molar-refractivity contribution in [2.75, 3.05) is 13.2 Å². The van der Waals surface area contributed by atoms with E-state index in [4.69, 9.17) is 14.6 Å². The third kappa shape index (κ3) is 4.87. The van der Waals surface area contributed by atoms with Crippen molar-refractivity contribution in [3.05, 3.63) is 71.2 Å². The second-order valence-electron chi connectivity index (χ2n) is 6.95. The topological polar surface area (TPSA) is 131 Å². The maximum Gasteiger partial charge on any atom is 0.344 e. The normalized spacial score (nSPS) is 11.2. The molecular weight excluding hydrogens is 434 g/mol. The maximum atomic E-state index is 12.8. The molecule has 0 aliphatic rings. The largest absolute Gasteiger partial charge is 0.477 e. The molecule has 1 aromatic carbocycles. The Labute approximate surface area is 185 Å². The number of nitrogens with two attached hydrogens (primary N) is 1. The van der Waals surface area contributed by atoms with Gasteiger partial charge in [0.15, 0.2) is 6.61 Å². The molecule has 0 saturated carbocycles. The van der Waals surface area contributed by atoms with Gasteiger partial charge in [-0.1, -0.05) is 0 Å². The number of hydrogen-bond acceptors (Lipinski definition) is 7. The monoisotopic (exact) mass is 457 g/mol. The number of benzene rings is 1. The predicted molar refractivity (Wildman–Crippen MR) is 117 cm³/mol. The number of aryl methyl sites for hydroxylation is 1. The number of ketones is 1. The van der Waals surface area contributed by atoms with Crippen molar-refractivity contribution in [2.24, 2.45) is 5.14 Å². The Morgan fingerprint density at radius 3 is 2.41 bits per heavy atom. The molecule has 0 fully saturated rings. The molecule has 168 valence electrons. The van der Waals surface area contributed by atoms with Crippen molar-refractivity contribution < 1.29 is 27.5 Å². The van der Waals surface area contributed by atoms with Gasteiger partial charge in [-0.15, -0.1) is 0 Å². The highest BCUT2D eigenvalue weighted by molar-refractivity contribution is 7.89. The smallest absolute Gasteiger partial charge is 0.344 e. The highest BCUT2D eigenvalue weighted by Gasteiger charge is 2.21. The maximum absolute atomic E-state index is 12.8. The van der Waals surface area contributed by atoms with E-state index < -0.39 is 22.6 Å². The lowest BCUT2D eigenvalue weighted by atomic mass is 10.1. The van der Waals surface area contributed by atoms with Crippen LogP contribution < -0.4 is 9.88 Å². The van der Waals surface area contributed by atoms with E-state index in [1.807, 2.05) is 6.92 Å². The van der Waals surface area contributed by atoms with Crippen LogP contribution in [0.4, 0.5) is 0 Å². The summed E-state index contributed by atoms with van der Waals surface area (Å²) in [5, 5.41) is 5.14. The second-order valence-corrected chi connectivity index (χ2v) is 8.51. The van der Waals surface area contributed by atoms with Crippen LogP contribution in [0.2, 0.25) is 0 Å². The quantitative estimate of drug-likeness (QED) is 0.406. The SMILES string of the molecule is CCOc1ncccc1C(=O)OCC(=O)c1cc(C)n(-c2ccc(S(N)(=O)=O)cc2)c1C. The summed E-state index contributed by atoms with van der Waals surface area (Å²) in [7, 11) is -3.80. The molecule has 2 aromatic heterocycles. The van der Waals surface area contributed by atoms with Gasteiger partial charge in [0.05, 0.1) is 11.5 Å².